The zero-order valence-corrected chi connectivity index (χ0v) is 14.4. The third kappa shape index (κ3) is 4.19. The van der Waals surface area contributed by atoms with Gasteiger partial charge >= 0.3 is 0 Å². The van der Waals surface area contributed by atoms with E-state index >= 15 is 0 Å². The summed E-state index contributed by atoms with van der Waals surface area (Å²) < 4.78 is 25.6. The fourth-order valence-electron chi connectivity index (χ4n) is 1.85. The van der Waals surface area contributed by atoms with Crippen molar-refractivity contribution >= 4 is 33.0 Å². The van der Waals surface area contributed by atoms with E-state index in [0.29, 0.717) is 0 Å². The second kappa shape index (κ2) is 7.25. The number of aromatic nitrogens is 3. The lowest BCUT2D eigenvalue weighted by atomic mass is 10.2. The predicted molar refractivity (Wildman–Crippen MR) is 89.2 cm³/mol. The van der Waals surface area contributed by atoms with Crippen molar-refractivity contribution in [3.05, 3.63) is 51.6 Å². The lowest BCUT2D eigenvalue weighted by Crippen LogP contribution is -2.19. The highest BCUT2D eigenvalue weighted by Gasteiger charge is 2.19. The van der Waals surface area contributed by atoms with Gasteiger partial charge in [-0.2, -0.15) is 0 Å². The topological polar surface area (TPSA) is 81.9 Å². The molecular formula is C14H13Cl2N3O3S. The van der Waals surface area contributed by atoms with Crippen molar-refractivity contribution in [2.45, 2.75) is 18.4 Å². The van der Waals surface area contributed by atoms with Crippen LogP contribution >= 0.6 is 23.2 Å². The highest BCUT2D eigenvalue weighted by molar-refractivity contribution is 7.91. The minimum atomic E-state index is -3.48. The van der Waals surface area contributed by atoms with Gasteiger partial charge in [-0.25, -0.2) is 13.4 Å². The molecular weight excluding hydrogens is 361 g/mol. The van der Waals surface area contributed by atoms with E-state index in [4.69, 9.17) is 23.2 Å². The van der Waals surface area contributed by atoms with E-state index < -0.39 is 9.84 Å². The molecule has 0 aromatic carbocycles. The van der Waals surface area contributed by atoms with Gasteiger partial charge < -0.3 is 0 Å². The zero-order valence-electron chi connectivity index (χ0n) is 12.1. The van der Waals surface area contributed by atoms with Gasteiger partial charge in [0.1, 0.15) is 10.2 Å². The Morgan fingerprint density at radius 1 is 1.35 bits per heavy atom. The largest absolute Gasteiger partial charge is 0.295 e. The molecule has 0 radical (unpaired) electrons. The maximum atomic E-state index is 12.1. The SMILES string of the molecule is CCS(=O)(=O)c1cccnc1-c1cc(=O)n(CC=C(Cl)Cl)cn1. The quantitative estimate of drug-likeness (QED) is 0.803. The summed E-state index contributed by atoms with van der Waals surface area (Å²) in [6, 6.07) is 4.21. The number of allylic oxidation sites excluding steroid dienone is 1. The Balaban J connectivity index is 2.51. The maximum absolute atomic E-state index is 12.1. The van der Waals surface area contributed by atoms with Gasteiger partial charge in [0.05, 0.1) is 22.7 Å². The van der Waals surface area contributed by atoms with Gasteiger partial charge in [-0.1, -0.05) is 30.1 Å². The number of hydrogen-bond acceptors (Lipinski definition) is 5. The van der Waals surface area contributed by atoms with Crippen molar-refractivity contribution < 1.29 is 8.42 Å². The Kier molecular flexibility index (Phi) is 5.56. The lowest BCUT2D eigenvalue weighted by molar-refractivity contribution is 0.597. The Morgan fingerprint density at radius 3 is 2.70 bits per heavy atom. The number of halogens is 2. The van der Waals surface area contributed by atoms with E-state index in [9.17, 15) is 13.2 Å². The molecule has 2 heterocycles. The molecule has 2 rings (SSSR count). The molecule has 0 aliphatic rings. The first kappa shape index (κ1) is 17.7. The van der Waals surface area contributed by atoms with Crippen LogP contribution in [0, 0.1) is 0 Å². The summed E-state index contributed by atoms with van der Waals surface area (Å²) in [5, 5.41) is 0. The molecule has 122 valence electrons. The van der Waals surface area contributed by atoms with Crippen LogP contribution in [0.4, 0.5) is 0 Å². The number of nitrogens with zero attached hydrogens (tertiary/aromatic N) is 3. The van der Waals surface area contributed by atoms with E-state index in [-0.39, 0.29) is 38.6 Å². The van der Waals surface area contributed by atoms with Gasteiger partial charge in [0.15, 0.2) is 9.84 Å². The van der Waals surface area contributed by atoms with E-state index in [1.165, 1.54) is 41.4 Å². The number of sulfone groups is 1. The molecule has 2 aromatic rings. The fraction of sp³-hybridized carbons (Fsp3) is 0.214. The summed E-state index contributed by atoms with van der Waals surface area (Å²) in [4.78, 5) is 20.3. The molecule has 0 aliphatic heterocycles. The average Bonchev–Trinajstić information content (AvgIpc) is 2.53. The van der Waals surface area contributed by atoms with Gasteiger partial charge in [0.25, 0.3) is 5.56 Å². The fourth-order valence-corrected chi connectivity index (χ4v) is 3.04. The van der Waals surface area contributed by atoms with Crippen LogP contribution in [0.25, 0.3) is 11.4 Å². The summed E-state index contributed by atoms with van der Waals surface area (Å²) in [5.41, 5.74) is -0.0179. The Bertz CT molecular complexity index is 903. The van der Waals surface area contributed by atoms with Crippen LogP contribution in [0.15, 0.2) is 51.0 Å². The zero-order chi connectivity index (χ0) is 17.0. The third-order valence-electron chi connectivity index (χ3n) is 3.05. The second-order valence-corrected chi connectivity index (χ2v) is 7.77. The lowest BCUT2D eigenvalue weighted by Gasteiger charge is -2.08. The van der Waals surface area contributed by atoms with Crippen LogP contribution in [0.3, 0.4) is 0 Å². The Labute approximate surface area is 143 Å². The van der Waals surface area contributed by atoms with Crippen molar-refractivity contribution in [1.82, 2.24) is 14.5 Å². The standard InChI is InChI=1S/C14H13Cl2N3O3S/c1-2-23(21,22)11-4-3-6-17-14(11)10-8-13(20)19(9-18-10)7-5-12(15)16/h3-6,8-9H,2,7H2,1H3. The van der Waals surface area contributed by atoms with E-state index in [1.807, 2.05) is 0 Å². The van der Waals surface area contributed by atoms with Gasteiger partial charge in [0, 0.05) is 18.8 Å². The van der Waals surface area contributed by atoms with Gasteiger partial charge in [-0.15, -0.1) is 0 Å². The summed E-state index contributed by atoms with van der Waals surface area (Å²) in [6.07, 6.45) is 4.19. The molecule has 0 atom stereocenters. The summed E-state index contributed by atoms with van der Waals surface area (Å²) in [5.74, 6) is -0.0677. The minimum Gasteiger partial charge on any atom is -0.295 e. The Hall–Kier alpha value is -1.70. The average molecular weight is 374 g/mol. The number of pyridine rings is 1. The van der Waals surface area contributed by atoms with Crippen molar-refractivity contribution in [3.63, 3.8) is 0 Å². The smallest absolute Gasteiger partial charge is 0.254 e. The van der Waals surface area contributed by atoms with Crippen LogP contribution in [0.2, 0.25) is 0 Å². The molecule has 23 heavy (non-hydrogen) atoms. The molecule has 0 amide bonds. The molecule has 6 nitrogen and oxygen atoms in total. The van der Waals surface area contributed by atoms with Crippen molar-refractivity contribution in [2.24, 2.45) is 0 Å². The normalized spacial score (nSPS) is 11.3. The van der Waals surface area contributed by atoms with Crippen molar-refractivity contribution in [1.29, 1.82) is 0 Å². The molecule has 0 fully saturated rings. The molecule has 0 saturated carbocycles. The molecule has 0 unspecified atom stereocenters. The monoisotopic (exact) mass is 373 g/mol. The first-order valence-electron chi connectivity index (χ1n) is 6.61. The molecule has 0 aliphatic carbocycles. The molecule has 0 N–H and O–H groups in total. The molecule has 0 saturated heterocycles. The predicted octanol–water partition coefficient (Wildman–Crippen LogP) is 2.42. The summed E-state index contributed by atoms with van der Waals surface area (Å²) in [7, 11) is -3.48. The van der Waals surface area contributed by atoms with Crippen molar-refractivity contribution in [2.75, 3.05) is 5.75 Å². The van der Waals surface area contributed by atoms with Crippen LogP contribution in [0.5, 0.6) is 0 Å². The first-order valence-corrected chi connectivity index (χ1v) is 9.01. The number of rotatable bonds is 5. The highest BCUT2D eigenvalue weighted by atomic mass is 35.5. The molecule has 0 bridgehead atoms. The highest BCUT2D eigenvalue weighted by Crippen LogP contribution is 2.23. The summed E-state index contributed by atoms with van der Waals surface area (Å²) >= 11 is 11.0. The van der Waals surface area contributed by atoms with E-state index in [0.717, 1.165) is 0 Å². The van der Waals surface area contributed by atoms with Gasteiger partial charge in [-0.3, -0.25) is 14.3 Å². The maximum Gasteiger partial charge on any atom is 0.254 e. The van der Waals surface area contributed by atoms with Crippen LogP contribution in [-0.2, 0) is 16.4 Å². The molecule has 2 aromatic heterocycles. The van der Waals surface area contributed by atoms with Crippen molar-refractivity contribution in [3.8, 4) is 11.4 Å². The van der Waals surface area contributed by atoms with Crippen LogP contribution in [0.1, 0.15) is 6.92 Å². The van der Waals surface area contributed by atoms with Crippen LogP contribution < -0.4 is 5.56 Å². The summed E-state index contributed by atoms with van der Waals surface area (Å²) in [6.45, 7) is 1.70. The van der Waals surface area contributed by atoms with E-state index in [1.54, 1.807) is 6.92 Å². The van der Waals surface area contributed by atoms with Gasteiger partial charge in [-0.05, 0) is 18.2 Å². The molecule has 0 spiro atoms. The van der Waals surface area contributed by atoms with Crippen LogP contribution in [-0.4, -0.2) is 28.7 Å². The minimum absolute atomic E-state index is 0.0435. The Morgan fingerprint density at radius 2 is 2.09 bits per heavy atom. The van der Waals surface area contributed by atoms with Gasteiger partial charge in [0.2, 0.25) is 0 Å². The molecule has 9 heteroatoms. The first-order chi connectivity index (χ1) is 10.8. The second-order valence-electron chi connectivity index (χ2n) is 4.51. The third-order valence-corrected chi connectivity index (χ3v) is 5.12. The van der Waals surface area contributed by atoms with E-state index in [2.05, 4.69) is 9.97 Å². The number of hydrogen-bond donors (Lipinski definition) is 0.